The van der Waals surface area contributed by atoms with E-state index in [0.29, 0.717) is 10.8 Å². The van der Waals surface area contributed by atoms with Crippen molar-refractivity contribution in [2.75, 3.05) is 0 Å². The highest BCUT2D eigenvalue weighted by atomic mass is 32.2. The molecule has 0 aliphatic rings. The van der Waals surface area contributed by atoms with Crippen molar-refractivity contribution in [3.63, 3.8) is 0 Å². The quantitative estimate of drug-likeness (QED) is 0.643. The fourth-order valence-corrected chi connectivity index (χ4v) is 2.15. The minimum atomic E-state index is -0.543. The molecule has 17 heavy (non-hydrogen) atoms. The summed E-state index contributed by atoms with van der Waals surface area (Å²) in [5.41, 5.74) is 5.39. The molecule has 0 aliphatic heterocycles. The second kappa shape index (κ2) is 4.54. The molecular weight excluding hydrogens is 243 g/mol. The van der Waals surface area contributed by atoms with Crippen LogP contribution in [0, 0.1) is 18.2 Å². The van der Waals surface area contributed by atoms with E-state index in [2.05, 4.69) is 10.2 Å². The van der Waals surface area contributed by atoms with Gasteiger partial charge in [-0.1, -0.05) is 6.07 Å². The van der Waals surface area contributed by atoms with Gasteiger partial charge < -0.3 is 10.2 Å². The molecule has 0 spiro atoms. The maximum atomic E-state index is 13.5. The topological polar surface area (TPSA) is 88.8 Å². The van der Waals surface area contributed by atoms with Crippen molar-refractivity contribution >= 4 is 17.6 Å². The van der Waals surface area contributed by atoms with E-state index in [-0.39, 0.29) is 16.6 Å². The standard InChI is InChI=1S/C10H9FN4OS/c1-5-14-15-10(16-5)17-7-4-2-3-6(11)8(7)9(12)13/h2-4H,1H3,(H3,12,13). The lowest BCUT2D eigenvalue weighted by atomic mass is 10.2. The largest absolute Gasteiger partial charge is 0.416 e. The zero-order chi connectivity index (χ0) is 12.4. The van der Waals surface area contributed by atoms with Crippen molar-refractivity contribution in [2.45, 2.75) is 17.0 Å². The first kappa shape index (κ1) is 11.6. The Hall–Kier alpha value is -1.89. The summed E-state index contributed by atoms with van der Waals surface area (Å²) in [6.45, 7) is 1.66. The van der Waals surface area contributed by atoms with Gasteiger partial charge in [0.25, 0.3) is 5.22 Å². The number of hydrogen-bond acceptors (Lipinski definition) is 5. The molecule has 1 heterocycles. The molecule has 0 amide bonds. The minimum Gasteiger partial charge on any atom is -0.416 e. The summed E-state index contributed by atoms with van der Waals surface area (Å²) in [4.78, 5) is 0.473. The van der Waals surface area contributed by atoms with Gasteiger partial charge in [0, 0.05) is 11.8 Å². The van der Waals surface area contributed by atoms with Crippen molar-refractivity contribution in [1.29, 1.82) is 5.41 Å². The molecular formula is C10H9FN4OS. The normalized spacial score (nSPS) is 10.5. The van der Waals surface area contributed by atoms with Crippen LogP contribution in [0.1, 0.15) is 11.5 Å². The molecule has 1 aromatic heterocycles. The Balaban J connectivity index is 2.39. The molecule has 1 aromatic carbocycles. The van der Waals surface area contributed by atoms with Crippen LogP contribution in [-0.2, 0) is 0 Å². The summed E-state index contributed by atoms with van der Waals surface area (Å²) in [6, 6.07) is 4.43. The highest BCUT2D eigenvalue weighted by Gasteiger charge is 2.14. The van der Waals surface area contributed by atoms with E-state index in [1.807, 2.05) is 0 Å². The van der Waals surface area contributed by atoms with Crippen LogP contribution in [0.15, 0.2) is 32.7 Å². The Morgan fingerprint density at radius 1 is 1.47 bits per heavy atom. The van der Waals surface area contributed by atoms with Crippen LogP contribution in [0.5, 0.6) is 0 Å². The van der Waals surface area contributed by atoms with Gasteiger partial charge in [-0.25, -0.2) is 4.39 Å². The monoisotopic (exact) mass is 252 g/mol. The van der Waals surface area contributed by atoms with E-state index in [0.717, 1.165) is 11.8 Å². The third kappa shape index (κ3) is 2.44. The van der Waals surface area contributed by atoms with E-state index in [1.165, 1.54) is 12.1 Å². The first-order chi connectivity index (χ1) is 8.08. The van der Waals surface area contributed by atoms with Gasteiger partial charge in [0.1, 0.15) is 11.7 Å². The molecule has 0 saturated carbocycles. The van der Waals surface area contributed by atoms with Crippen LogP contribution in [0.4, 0.5) is 4.39 Å². The highest BCUT2D eigenvalue weighted by molar-refractivity contribution is 7.99. The van der Waals surface area contributed by atoms with E-state index >= 15 is 0 Å². The number of rotatable bonds is 3. The van der Waals surface area contributed by atoms with Crippen molar-refractivity contribution in [2.24, 2.45) is 5.73 Å². The number of halogens is 1. The van der Waals surface area contributed by atoms with Gasteiger partial charge in [0.2, 0.25) is 5.89 Å². The lowest BCUT2D eigenvalue weighted by molar-refractivity contribution is 0.429. The summed E-state index contributed by atoms with van der Waals surface area (Å²) < 4.78 is 18.7. The second-order valence-corrected chi connectivity index (χ2v) is 4.21. The molecule has 0 fully saturated rings. The molecule has 0 saturated heterocycles. The number of aryl methyl sites for hydroxylation is 1. The number of benzene rings is 1. The maximum absolute atomic E-state index is 13.5. The zero-order valence-corrected chi connectivity index (χ0v) is 9.71. The van der Waals surface area contributed by atoms with Crippen LogP contribution in [0.2, 0.25) is 0 Å². The van der Waals surface area contributed by atoms with Crippen LogP contribution in [0.25, 0.3) is 0 Å². The lowest BCUT2D eigenvalue weighted by Crippen LogP contribution is -2.14. The maximum Gasteiger partial charge on any atom is 0.281 e. The summed E-state index contributed by atoms with van der Waals surface area (Å²) in [7, 11) is 0. The number of hydrogen-bond donors (Lipinski definition) is 2. The Morgan fingerprint density at radius 2 is 2.24 bits per heavy atom. The van der Waals surface area contributed by atoms with E-state index in [4.69, 9.17) is 15.6 Å². The number of amidine groups is 1. The summed E-state index contributed by atoms with van der Waals surface area (Å²) in [5.74, 6) is -0.450. The molecule has 7 heteroatoms. The van der Waals surface area contributed by atoms with Gasteiger partial charge in [0.15, 0.2) is 0 Å². The van der Waals surface area contributed by atoms with Crippen molar-refractivity contribution in [3.8, 4) is 0 Å². The van der Waals surface area contributed by atoms with Gasteiger partial charge in [-0.15, -0.1) is 10.2 Å². The molecule has 88 valence electrons. The van der Waals surface area contributed by atoms with E-state index < -0.39 is 5.82 Å². The fraction of sp³-hybridized carbons (Fsp3) is 0.100. The van der Waals surface area contributed by atoms with Gasteiger partial charge >= 0.3 is 0 Å². The van der Waals surface area contributed by atoms with E-state index in [1.54, 1.807) is 13.0 Å². The van der Waals surface area contributed by atoms with Crippen LogP contribution in [-0.4, -0.2) is 16.0 Å². The van der Waals surface area contributed by atoms with Crippen LogP contribution >= 0.6 is 11.8 Å². The number of nitrogens with one attached hydrogen (secondary N) is 1. The van der Waals surface area contributed by atoms with Crippen molar-refractivity contribution in [3.05, 3.63) is 35.5 Å². The fourth-order valence-electron chi connectivity index (χ4n) is 1.26. The SMILES string of the molecule is Cc1nnc(Sc2cccc(F)c2C(=N)N)o1. The van der Waals surface area contributed by atoms with Crippen LogP contribution in [0.3, 0.4) is 0 Å². The predicted octanol–water partition coefficient (Wildman–Crippen LogP) is 1.95. The predicted molar refractivity (Wildman–Crippen MR) is 60.6 cm³/mol. The zero-order valence-electron chi connectivity index (χ0n) is 8.90. The Labute approximate surface area is 101 Å². The average Bonchev–Trinajstić information content (AvgIpc) is 2.63. The minimum absolute atomic E-state index is 0.0494. The van der Waals surface area contributed by atoms with E-state index in [9.17, 15) is 4.39 Å². The molecule has 0 aliphatic carbocycles. The Morgan fingerprint density at radius 3 is 2.82 bits per heavy atom. The number of aromatic nitrogens is 2. The summed E-state index contributed by atoms with van der Waals surface area (Å²) in [6.07, 6.45) is 0. The van der Waals surface area contributed by atoms with Crippen molar-refractivity contribution < 1.29 is 8.81 Å². The van der Waals surface area contributed by atoms with Gasteiger partial charge in [-0.3, -0.25) is 5.41 Å². The molecule has 0 atom stereocenters. The highest BCUT2D eigenvalue weighted by Crippen LogP contribution is 2.30. The Bertz CT molecular complexity index is 569. The number of nitrogen functional groups attached to an aromatic ring is 1. The third-order valence-electron chi connectivity index (χ3n) is 1.95. The first-order valence-corrected chi connectivity index (χ1v) is 5.50. The van der Waals surface area contributed by atoms with Crippen molar-refractivity contribution in [1.82, 2.24) is 10.2 Å². The first-order valence-electron chi connectivity index (χ1n) is 4.69. The Kier molecular flexibility index (Phi) is 3.10. The molecule has 3 N–H and O–H groups in total. The summed E-state index contributed by atoms with van der Waals surface area (Å²) in [5, 5.41) is 15.1. The lowest BCUT2D eigenvalue weighted by Gasteiger charge is -2.06. The average molecular weight is 252 g/mol. The second-order valence-electron chi connectivity index (χ2n) is 3.22. The molecule has 0 radical (unpaired) electrons. The van der Waals surface area contributed by atoms with Crippen LogP contribution < -0.4 is 5.73 Å². The molecule has 0 unspecified atom stereocenters. The molecule has 0 bridgehead atoms. The number of nitrogens with zero attached hydrogens (tertiary/aromatic N) is 2. The molecule has 2 rings (SSSR count). The van der Waals surface area contributed by atoms with Gasteiger partial charge in [0.05, 0.1) is 5.56 Å². The smallest absolute Gasteiger partial charge is 0.281 e. The third-order valence-corrected chi connectivity index (χ3v) is 2.85. The van der Waals surface area contributed by atoms with Gasteiger partial charge in [-0.2, -0.15) is 0 Å². The summed E-state index contributed by atoms with van der Waals surface area (Å²) >= 11 is 1.08. The molecule has 5 nitrogen and oxygen atoms in total. The van der Waals surface area contributed by atoms with Gasteiger partial charge in [-0.05, 0) is 23.9 Å². The molecule has 2 aromatic rings. The number of nitrogens with two attached hydrogens (primary N) is 1.